The quantitative estimate of drug-likeness (QED) is 0.663. The van der Waals surface area contributed by atoms with Crippen LogP contribution in [0.15, 0.2) is 11.2 Å². The summed E-state index contributed by atoms with van der Waals surface area (Å²) < 4.78 is 1.71. The number of nitrogens with zero attached hydrogens (tertiary/aromatic N) is 3. The maximum absolute atomic E-state index is 11.6. The molecule has 1 rings (SSSR count). The van der Waals surface area contributed by atoms with Crippen LogP contribution < -0.4 is 0 Å². The molecule has 5 heteroatoms. The number of aryl methyl sites for hydroxylation is 1. The number of amides is 1. The summed E-state index contributed by atoms with van der Waals surface area (Å²) in [5.41, 5.74) is 0.667. The number of thioether (sulfide) groups is 1. The predicted molar refractivity (Wildman–Crippen MR) is 53.0 cm³/mol. The highest BCUT2D eigenvalue weighted by molar-refractivity contribution is 7.98. The first-order valence-electron chi connectivity index (χ1n) is 3.85. The molecule has 0 aliphatic heterocycles. The normalized spacial score (nSPS) is 10.2. The zero-order valence-electron chi connectivity index (χ0n) is 8.24. The van der Waals surface area contributed by atoms with E-state index in [1.807, 2.05) is 13.3 Å². The van der Waals surface area contributed by atoms with Gasteiger partial charge in [0.2, 0.25) is 0 Å². The molecule has 13 heavy (non-hydrogen) atoms. The molecule has 0 radical (unpaired) electrons. The molecule has 0 unspecified atom stereocenters. The molecule has 4 nitrogen and oxygen atoms in total. The summed E-state index contributed by atoms with van der Waals surface area (Å²) in [6, 6.07) is 0. The van der Waals surface area contributed by atoms with Crippen molar-refractivity contribution in [3.63, 3.8) is 0 Å². The second-order valence-electron chi connectivity index (χ2n) is 2.89. The summed E-state index contributed by atoms with van der Waals surface area (Å²) in [5.74, 6) is -0.00236. The lowest BCUT2D eigenvalue weighted by atomic mass is 10.3. The van der Waals surface area contributed by atoms with Crippen LogP contribution in [0.5, 0.6) is 0 Å². The Bertz CT molecular complexity index is 319. The van der Waals surface area contributed by atoms with Gasteiger partial charge in [-0.25, -0.2) is 0 Å². The average Bonchev–Trinajstić information content (AvgIpc) is 2.45. The molecule has 0 N–H and O–H groups in total. The molecule has 0 aliphatic rings. The minimum absolute atomic E-state index is 0.00236. The Hall–Kier alpha value is -0.970. The third kappa shape index (κ3) is 1.85. The molecule has 0 aromatic carbocycles. The molecule has 0 saturated heterocycles. The van der Waals surface area contributed by atoms with Gasteiger partial charge in [0, 0.05) is 21.1 Å². The zero-order chi connectivity index (χ0) is 10.0. The van der Waals surface area contributed by atoms with Crippen molar-refractivity contribution >= 4 is 17.7 Å². The van der Waals surface area contributed by atoms with Gasteiger partial charge in [-0.15, -0.1) is 11.8 Å². The zero-order valence-corrected chi connectivity index (χ0v) is 9.05. The van der Waals surface area contributed by atoms with Crippen LogP contribution in [-0.2, 0) is 7.05 Å². The Morgan fingerprint density at radius 3 is 2.69 bits per heavy atom. The highest BCUT2D eigenvalue weighted by atomic mass is 32.2. The van der Waals surface area contributed by atoms with Crippen molar-refractivity contribution in [2.45, 2.75) is 5.03 Å². The number of hydrogen-bond acceptors (Lipinski definition) is 3. The van der Waals surface area contributed by atoms with Crippen LogP contribution >= 0.6 is 11.8 Å². The number of aromatic nitrogens is 2. The highest BCUT2D eigenvalue weighted by Crippen LogP contribution is 2.19. The van der Waals surface area contributed by atoms with Crippen molar-refractivity contribution in [3.8, 4) is 0 Å². The fourth-order valence-electron chi connectivity index (χ4n) is 1.06. The lowest BCUT2D eigenvalue weighted by Gasteiger charge is -2.09. The van der Waals surface area contributed by atoms with Gasteiger partial charge in [-0.05, 0) is 6.26 Å². The van der Waals surface area contributed by atoms with E-state index in [4.69, 9.17) is 0 Å². The van der Waals surface area contributed by atoms with E-state index in [0.717, 1.165) is 5.03 Å². The Kier molecular flexibility index (Phi) is 2.98. The lowest BCUT2D eigenvalue weighted by molar-refractivity contribution is 0.0824. The van der Waals surface area contributed by atoms with Crippen LogP contribution in [0, 0.1) is 0 Å². The summed E-state index contributed by atoms with van der Waals surface area (Å²) in [6.07, 6.45) is 3.54. The van der Waals surface area contributed by atoms with E-state index in [1.54, 1.807) is 29.9 Å². The van der Waals surface area contributed by atoms with Gasteiger partial charge in [0.05, 0.1) is 11.8 Å². The minimum Gasteiger partial charge on any atom is -0.345 e. The van der Waals surface area contributed by atoms with Crippen molar-refractivity contribution in [2.75, 3.05) is 20.4 Å². The SMILES string of the molecule is CSc1c(C(=O)N(C)C)cnn1C. The van der Waals surface area contributed by atoms with E-state index in [-0.39, 0.29) is 5.91 Å². The topological polar surface area (TPSA) is 38.1 Å². The molecule has 1 aromatic rings. The summed E-state index contributed by atoms with van der Waals surface area (Å²) in [7, 11) is 5.30. The first-order chi connectivity index (χ1) is 6.07. The average molecular weight is 199 g/mol. The Morgan fingerprint density at radius 2 is 2.23 bits per heavy atom. The molecule has 0 aliphatic carbocycles. The fourth-order valence-corrected chi connectivity index (χ4v) is 1.73. The van der Waals surface area contributed by atoms with Crippen molar-refractivity contribution in [3.05, 3.63) is 11.8 Å². The highest BCUT2D eigenvalue weighted by Gasteiger charge is 2.16. The van der Waals surface area contributed by atoms with Crippen LogP contribution in [0.4, 0.5) is 0 Å². The third-order valence-corrected chi connectivity index (χ3v) is 2.59. The van der Waals surface area contributed by atoms with Gasteiger partial charge < -0.3 is 4.90 Å². The summed E-state index contributed by atoms with van der Waals surface area (Å²) in [6.45, 7) is 0. The van der Waals surface area contributed by atoms with Gasteiger partial charge in [0.1, 0.15) is 5.03 Å². The predicted octanol–water partition coefficient (Wildman–Crippen LogP) is 0.844. The number of hydrogen-bond donors (Lipinski definition) is 0. The number of rotatable bonds is 2. The van der Waals surface area contributed by atoms with Gasteiger partial charge in [0.15, 0.2) is 0 Å². The van der Waals surface area contributed by atoms with Crippen LogP contribution in [0.1, 0.15) is 10.4 Å². The van der Waals surface area contributed by atoms with Gasteiger partial charge in [-0.1, -0.05) is 0 Å². The Morgan fingerprint density at radius 1 is 1.62 bits per heavy atom. The maximum atomic E-state index is 11.6. The molecule has 0 atom stereocenters. The fraction of sp³-hybridized carbons (Fsp3) is 0.500. The molecule has 72 valence electrons. The van der Waals surface area contributed by atoms with Crippen LogP contribution in [0.25, 0.3) is 0 Å². The first-order valence-corrected chi connectivity index (χ1v) is 5.08. The smallest absolute Gasteiger partial charge is 0.257 e. The van der Waals surface area contributed by atoms with Gasteiger partial charge in [0.25, 0.3) is 5.91 Å². The maximum Gasteiger partial charge on any atom is 0.257 e. The van der Waals surface area contributed by atoms with E-state index in [2.05, 4.69) is 5.10 Å². The van der Waals surface area contributed by atoms with Crippen molar-refractivity contribution in [2.24, 2.45) is 7.05 Å². The van der Waals surface area contributed by atoms with Crippen LogP contribution in [-0.4, -0.2) is 40.9 Å². The third-order valence-electron chi connectivity index (χ3n) is 1.71. The van der Waals surface area contributed by atoms with Crippen molar-refractivity contribution in [1.29, 1.82) is 0 Å². The molecule has 0 spiro atoms. The Labute approximate surface area is 81.9 Å². The summed E-state index contributed by atoms with van der Waals surface area (Å²) in [5, 5.41) is 4.94. The second-order valence-corrected chi connectivity index (χ2v) is 3.69. The van der Waals surface area contributed by atoms with Crippen LogP contribution in [0.2, 0.25) is 0 Å². The molecular formula is C8H13N3OS. The van der Waals surface area contributed by atoms with E-state index in [9.17, 15) is 4.79 Å². The standard InChI is InChI=1S/C8H13N3OS/c1-10(2)7(12)6-5-9-11(3)8(6)13-4/h5H,1-4H3. The van der Waals surface area contributed by atoms with E-state index >= 15 is 0 Å². The second kappa shape index (κ2) is 3.83. The molecule has 0 saturated carbocycles. The summed E-state index contributed by atoms with van der Waals surface area (Å²) >= 11 is 1.53. The van der Waals surface area contributed by atoms with Gasteiger partial charge in [-0.3, -0.25) is 9.48 Å². The van der Waals surface area contributed by atoms with Gasteiger partial charge in [-0.2, -0.15) is 5.10 Å². The van der Waals surface area contributed by atoms with E-state index < -0.39 is 0 Å². The molecule has 1 amide bonds. The monoisotopic (exact) mass is 199 g/mol. The molecule has 0 fully saturated rings. The minimum atomic E-state index is -0.00236. The van der Waals surface area contributed by atoms with E-state index in [0.29, 0.717) is 5.56 Å². The molecular weight excluding hydrogens is 186 g/mol. The molecule has 1 aromatic heterocycles. The van der Waals surface area contributed by atoms with Crippen molar-refractivity contribution < 1.29 is 4.79 Å². The number of carbonyl (C=O) groups is 1. The molecule has 1 heterocycles. The molecule has 0 bridgehead atoms. The largest absolute Gasteiger partial charge is 0.345 e. The van der Waals surface area contributed by atoms with Crippen LogP contribution in [0.3, 0.4) is 0 Å². The first kappa shape index (κ1) is 10.1. The number of carbonyl (C=O) groups excluding carboxylic acids is 1. The Balaban J connectivity index is 3.07. The van der Waals surface area contributed by atoms with Crippen molar-refractivity contribution in [1.82, 2.24) is 14.7 Å². The summed E-state index contributed by atoms with van der Waals surface area (Å²) in [4.78, 5) is 13.1. The lowest BCUT2D eigenvalue weighted by Crippen LogP contribution is -2.21. The van der Waals surface area contributed by atoms with E-state index in [1.165, 1.54) is 11.8 Å². The van der Waals surface area contributed by atoms with Gasteiger partial charge >= 0.3 is 0 Å².